The van der Waals surface area contributed by atoms with Crippen molar-refractivity contribution in [2.45, 2.75) is 0 Å². The highest BCUT2D eigenvalue weighted by atomic mass is 79.9. The van der Waals surface area contributed by atoms with Gasteiger partial charge in [0.15, 0.2) is 5.11 Å². The number of thiocarbonyl (C=S) groups is 1. The van der Waals surface area contributed by atoms with E-state index in [1.165, 1.54) is 24.3 Å². The average molecular weight is 474 g/mol. The molecule has 0 aliphatic rings. The minimum atomic E-state index is -1.12. The number of aromatic carboxylic acids is 1. The van der Waals surface area contributed by atoms with Gasteiger partial charge >= 0.3 is 5.97 Å². The zero-order chi connectivity index (χ0) is 19.3. The largest absolute Gasteiger partial charge is 0.478 e. The van der Waals surface area contributed by atoms with Gasteiger partial charge in [0.05, 0.1) is 11.3 Å². The van der Waals surface area contributed by atoms with E-state index < -0.39 is 11.9 Å². The molecule has 0 aromatic heterocycles. The van der Waals surface area contributed by atoms with E-state index in [1.807, 2.05) is 0 Å². The third kappa shape index (κ3) is 5.81. The monoisotopic (exact) mass is 472 g/mol. The molecular weight excluding hydrogens is 463 g/mol. The van der Waals surface area contributed by atoms with Crippen LogP contribution in [0.15, 0.2) is 46.9 Å². The van der Waals surface area contributed by atoms with Crippen molar-refractivity contribution in [2.75, 3.05) is 5.32 Å². The van der Waals surface area contributed by atoms with Crippen molar-refractivity contribution < 1.29 is 14.7 Å². The Hall–Kier alpha value is -1.93. The minimum absolute atomic E-state index is 0.0134. The van der Waals surface area contributed by atoms with Crippen molar-refractivity contribution in [3.8, 4) is 0 Å². The molecule has 0 unspecified atom stereocenters. The fraction of sp³-hybridized carbons (Fsp3) is 0. The second-order valence-electron chi connectivity index (χ2n) is 4.94. The van der Waals surface area contributed by atoms with Crippen molar-refractivity contribution in [3.05, 3.63) is 68.1 Å². The maximum absolute atomic E-state index is 11.9. The molecule has 1 amide bonds. The van der Waals surface area contributed by atoms with E-state index in [9.17, 15) is 14.7 Å². The second kappa shape index (κ2) is 9.14. The number of hydrogen-bond donors (Lipinski definition) is 3. The smallest absolute Gasteiger partial charge is 0.337 e. The second-order valence-corrected chi connectivity index (χ2v) is 7.11. The molecule has 0 aliphatic carbocycles. The average Bonchev–Trinajstić information content (AvgIpc) is 2.55. The number of carbonyl (C=O) groups is 2. The third-order valence-electron chi connectivity index (χ3n) is 3.07. The first-order valence-electron chi connectivity index (χ1n) is 7.04. The first kappa shape index (κ1) is 20.4. The Balaban J connectivity index is 2.03. The lowest BCUT2D eigenvalue weighted by Crippen LogP contribution is -2.33. The maximum atomic E-state index is 11.9. The van der Waals surface area contributed by atoms with Gasteiger partial charge in [-0.05, 0) is 54.2 Å². The number of carboxylic acid groups (broad SMARTS) is 1. The molecule has 134 valence electrons. The molecule has 9 heteroatoms. The van der Waals surface area contributed by atoms with Crippen LogP contribution in [0.3, 0.4) is 0 Å². The summed E-state index contributed by atoms with van der Waals surface area (Å²) < 4.78 is 0.609. The van der Waals surface area contributed by atoms with Crippen molar-refractivity contribution in [3.63, 3.8) is 0 Å². The number of anilines is 1. The van der Waals surface area contributed by atoms with Gasteiger partial charge in [-0.15, -0.1) is 0 Å². The van der Waals surface area contributed by atoms with E-state index in [2.05, 4.69) is 26.6 Å². The Bertz CT molecular complexity index is 919. The van der Waals surface area contributed by atoms with Crippen LogP contribution < -0.4 is 10.6 Å². The van der Waals surface area contributed by atoms with Crippen LogP contribution in [0.5, 0.6) is 0 Å². The summed E-state index contributed by atoms with van der Waals surface area (Å²) >= 11 is 20.1. The highest BCUT2D eigenvalue weighted by Crippen LogP contribution is 2.22. The summed E-state index contributed by atoms with van der Waals surface area (Å²) in [6.07, 6.45) is 2.77. The van der Waals surface area contributed by atoms with E-state index in [1.54, 1.807) is 24.3 Å². The summed E-state index contributed by atoms with van der Waals surface area (Å²) in [6.45, 7) is 0. The molecule has 0 bridgehead atoms. The third-order valence-corrected chi connectivity index (χ3v) is 4.33. The molecule has 0 heterocycles. The van der Waals surface area contributed by atoms with Crippen LogP contribution in [-0.4, -0.2) is 22.1 Å². The van der Waals surface area contributed by atoms with E-state index >= 15 is 0 Å². The molecule has 2 aromatic rings. The van der Waals surface area contributed by atoms with Gasteiger partial charge in [-0.25, -0.2) is 4.79 Å². The zero-order valence-corrected chi connectivity index (χ0v) is 16.8. The van der Waals surface area contributed by atoms with Crippen LogP contribution in [0.4, 0.5) is 5.69 Å². The SMILES string of the molecule is O=C(/C=C/c1ccc(Cl)cc1Cl)NC(=S)Nc1ccc(Br)cc1C(=O)O. The first-order chi connectivity index (χ1) is 12.3. The highest BCUT2D eigenvalue weighted by Gasteiger charge is 2.12. The van der Waals surface area contributed by atoms with Crippen LogP contribution in [0.1, 0.15) is 15.9 Å². The number of nitrogens with one attached hydrogen (secondary N) is 2. The Morgan fingerprint density at radius 1 is 1.15 bits per heavy atom. The molecule has 0 spiro atoms. The van der Waals surface area contributed by atoms with Gasteiger partial charge in [0.2, 0.25) is 5.91 Å². The summed E-state index contributed by atoms with van der Waals surface area (Å²) in [5.74, 6) is -1.62. The molecule has 2 aromatic carbocycles. The van der Waals surface area contributed by atoms with Crippen LogP contribution >= 0.6 is 51.3 Å². The van der Waals surface area contributed by atoms with Gasteiger partial charge < -0.3 is 10.4 Å². The van der Waals surface area contributed by atoms with Gasteiger partial charge in [-0.1, -0.05) is 45.2 Å². The molecule has 0 saturated heterocycles. The van der Waals surface area contributed by atoms with Crippen molar-refractivity contribution >= 4 is 80.1 Å². The molecule has 5 nitrogen and oxygen atoms in total. The summed E-state index contributed by atoms with van der Waals surface area (Å²) in [4.78, 5) is 23.2. The normalized spacial score (nSPS) is 10.6. The summed E-state index contributed by atoms with van der Waals surface area (Å²) in [5.41, 5.74) is 0.890. The number of halogens is 3. The molecule has 3 N–H and O–H groups in total. The molecule has 0 fully saturated rings. The van der Waals surface area contributed by atoms with Crippen molar-refractivity contribution in [1.82, 2.24) is 5.32 Å². The quantitative estimate of drug-likeness (QED) is 0.431. The Morgan fingerprint density at radius 2 is 1.88 bits per heavy atom. The van der Waals surface area contributed by atoms with Crippen LogP contribution in [0, 0.1) is 0 Å². The minimum Gasteiger partial charge on any atom is -0.478 e. The molecule has 26 heavy (non-hydrogen) atoms. The lowest BCUT2D eigenvalue weighted by molar-refractivity contribution is -0.115. The van der Waals surface area contributed by atoms with E-state index in [0.717, 1.165) is 0 Å². The maximum Gasteiger partial charge on any atom is 0.337 e. The van der Waals surface area contributed by atoms with Crippen LogP contribution in [0.25, 0.3) is 6.08 Å². The highest BCUT2D eigenvalue weighted by molar-refractivity contribution is 9.10. The van der Waals surface area contributed by atoms with E-state index in [4.69, 9.17) is 35.4 Å². The fourth-order valence-corrected chi connectivity index (χ4v) is 2.95. The number of amides is 1. The number of hydrogen-bond acceptors (Lipinski definition) is 3. The molecular formula is C17H11BrCl2N2O3S. The van der Waals surface area contributed by atoms with Gasteiger partial charge in [-0.2, -0.15) is 0 Å². The predicted molar refractivity (Wildman–Crippen MR) is 111 cm³/mol. The topological polar surface area (TPSA) is 78.4 Å². The number of carboxylic acids is 1. The predicted octanol–water partition coefficient (Wildman–Crippen LogP) is 4.98. The lowest BCUT2D eigenvalue weighted by Gasteiger charge is -2.11. The van der Waals surface area contributed by atoms with Crippen LogP contribution in [-0.2, 0) is 4.79 Å². The zero-order valence-electron chi connectivity index (χ0n) is 12.9. The lowest BCUT2D eigenvalue weighted by atomic mass is 10.2. The number of benzene rings is 2. The first-order valence-corrected chi connectivity index (χ1v) is 9.00. The van der Waals surface area contributed by atoms with Gasteiger partial charge in [0.25, 0.3) is 0 Å². The van der Waals surface area contributed by atoms with Crippen LogP contribution in [0.2, 0.25) is 10.0 Å². The summed E-state index contributed by atoms with van der Waals surface area (Å²) in [6, 6.07) is 9.51. The summed E-state index contributed by atoms with van der Waals surface area (Å²) in [7, 11) is 0. The van der Waals surface area contributed by atoms with Gasteiger partial charge in [0.1, 0.15) is 0 Å². The van der Waals surface area contributed by atoms with E-state index in [0.29, 0.717) is 20.1 Å². The number of carbonyl (C=O) groups excluding carboxylic acids is 1. The van der Waals surface area contributed by atoms with E-state index in [-0.39, 0.29) is 16.4 Å². The Labute approximate surface area is 173 Å². The standard InChI is InChI=1S/C17H11BrCl2N2O3S/c18-10-3-5-14(12(7-10)16(24)25)21-17(26)22-15(23)6-2-9-1-4-11(19)8-13(9)20/h1-8H,(H,24,25)(H2,21,22,23,26)/b6-2+. The Kier molecular flexibility index (Phi) is 7.16. The van der Waals surface area contributed by atoms with Gasteiger partial charge in [-0.3, -0.25) is 10.1 Å². The molecule has 0 saturated carbocycles. The molecule has 0 radical (unpaired) electrons. The fourth-order valence-electron chi connectivity index (χ4n) is 1.91. The number of rotatable bonds is 4. The summed E-state index contributed by atoms with van der Waals surface area (Å²) in [5, 5.41) is 15.2. The van der Waals surface area contributed by atoms with Gasteiger partial charge in [0, 0.05) is 20.6 Å². The Morgan fingerprint density at radius 3 is 2.54 bits per heavy atom. The molecule has 0 aliphatic heterocycles. The van der Waals surface area contributed by atoms with Crippen molar-refractivity contribution in [2.24, 2.45) is 0 Å². The van der Waals surface area contributed by atoms with Crippen molar-refractivity contribution in [1.29, 1.82) is 0 Å². The molecule has 2 rings (SSSR count). The molecule has 0 atom stereocenters.